The molecular weight excluding hydrogens is 231 g/mol. The van der Waals surface area contributed by atoms with Crippen LogP contribution in [0.1, 0.15) is 5.56 Å². The van der Waals surface area contributed by atoms with Crippen molar-refractivity contribution in [3.63, 3.8) is 0 Å². The number of nitro benzene ring substituents is 1. The van der Waals surface area contributed by atoms with Gasteiger partial charge < -0.3 is 0 Å². The van der Waals surface area contributed by atoms with Crippen molar-refractivity contribution in [3.8, 4) is 0 Å². The average molecular weight is 233 g/mol. The van der Waals surface area contributed by atoms with Crippen LogP contribution in [-0.2, 0) is 6.18 Å². The molecule has 2 rings (SSSR count). The van der Waals surface area contributed by atoms with Gasteiger partial charge in [-0.25, -0.2) is 4.63 Å². The molecule has 1 aromatic heterocycles. The number of non-ortho nitro benzene ring substituents is 1. The molecule has 16 heavy (non-hydrogen) atoms. The lowest BCUT2D eigenvalue weighted by atomic mass is 10.1. The van der Waals surface area contributed by atoms with E-state index in [4.69, 9.17) is 0 Å². The van der Waals surface area contributed by atoms with Crippen LogP contribution in [-0.4, -0.2) is 15.2 Å². The molecule has 0 atom stereocenters. The molecule has 0 fully saturated rings. The molecule has 0 unspecified atom stereocenters. The molecule has 0 N–H and O–H groups in total. The molecule has 0 bridgehead atoms. The molecule has 1 heterocycles. The summed E-state index contributed by atoms with van der Waals surface area (Å²) in [7, 11) is 0. The fourth-order valence-electron chi connectivity index (χ4n) is 1.18. The van der Waals surface area contributed by atoms with Crippen molar-refractivity contribution in [1.82, 2.24) is 10.3 Å². The summed E-state index contributed by atoms with van der Waals surface area (Å²) in [6, 6.07) is 1.03. The predicted molar refractivity (Wildman–Crippen MR) is 43.5 cm³/mol. The summed E-state index contributed by atoms with van der Waals surface area (Å²) >= 11 is 0. The van der Waals surface area contributed by atoms with Crippen LogP contribution < -0.4 is 0 Å². The minimum Gasteiger partial charge on any atom is -0.258 e. The maximum atomic E-state index is 12.4. The van der Waals surface area contributed by atoms with E-state index in [9.17, 15) is 23.3 Å². The highest BCUT2D eigenvalue weighted by atomic mass is 19.4. The van der Waals surface area contributed by atoms with E-state index in [1.54, 1.807) is 0 Å². The lowest BCUT2D eigenvalue weighted by molar-refractivity contribution is -0.383. The number of hydrogen-bond acceptors (Lipinski definition) is 5. The number of halogens is 3. The summed E-state index contributed by atoms with van der Waals surface area (Å²) in [5.41, 5.74) is -2.56. The highest BCUT2D eigenvalue weighted by Gasteiger charge is 2.34. The molecule has 0 amide bonds. The fraction of sp³-hybridized carbons (Fsp3) is 0.143. The van der Waals surface area contributed by atoms with E-state index in [-0.39, 0.29) is 11.0 Å². The third kappa shape index (κ3) is 1.55. The van der Waals surface area contributed by atoms with Crippen molar-refractivity contribution in [1.29, 1.82) is 0 Å². The Balaban J connectivity index is 2.76. The van der Waals surface area contributed by atoms with Gasteiger partial charge in [0.25, 0.3) is 0 Å². The van der Waals surface area contributed by atoms with E-state index in [0.29, 0.717) is 12.1 Å². The topological polar surface area (TPSA) is 82.1 Å². The summed E-state index contributed by atoms with van der Waals surface area (Å²) < 4.78 is 41.2. The maximum Gasteiger partial charge on any atom is 0.416 e. The standard InChI is InChI=1S/C7H2F3N3O3/c8-7(9,10)3-1-4-6(12-16-11-4)5(2-3)13(14)15/h1-2H. The number of fused-ring (bicyclic) bond motifs is 1. The normalized spacial score (nSPS) is 11.9. The predicted octanol–water partition coefficient (Wildman–Crippen LogP) is 2.15. The van der Waals surface area contributed by atoms with Gasteiger partial charge in [-0.3, -0.25) is 10.1 Å². The van der Waals surface area contributed by atoms with Gasteiger partial charge in [-0.1, -0.05) is 0 Å². The largest absolute Gasteiger partial charge is 0.416 e. The van der Waals surface area contributed by atoms with E-state index < -0.39 is 22.4 Å². The number of nitrogens with zero attached hydrogens (tertiary/aromatic N) is 3. The number of hydrogen-bond donors (Lipinski definition) is 0. The Bertz CT molecular complexity index is 563. The van der Waals surface area contributed by atoms with Gasteiger partial charge in [0.05, 0.1) is 10.5 Å². The molecule has 0 saturated heterocycles. The molecular formula is C7H2F3N3O3. The number of nitro groups is 1. The quantitative estimate of drug-likeness (QED) is 0.556. The first-order valence-corrected chi connectivity index (χ1v) is 3.87. The first kappa shape index (κ1) is 10.3. The van der Waals surface area contributed by atoms with Crippen LogP contribution in [0.25, 0.3) is 11.0 Å². The van der Waals surface area contributed by atoms with E-state index in [2.05, 4.69) is 14.9 Å². The molecule has 9 heteroatoms. The average Bonchev–Trinajstić information content (AvgIpc) is 2.61. The van der Waals surface area contributed by atoms with Crippen LogP contribution in [0.2, 0.25) is 0 Å². The van der Waals surface area contributed by atoms with Crippen LogP contribution in [0.5, 0.6) is 0 Å². The summed E-state index contributed by atoms with van der Waals surface area (Å²) in [6.45, 7) is 0. The van der Waals surface area contributed by atoms with Crippen molar-refractivity contribution in [2.45, 2.75) is 6.18 Å². The monoisotopic (exact) mass is 233 g/mol. The van der Waals surface area contributed by atoms with Crippen LogP contribution in [0, 0.1) is 10.1 Å². The van der Waals surface area contributed by atoms with Crippen molar-refractivity contribution in [2.75, 3.05) is 0 Å². The fourth-order valence-corrected chi connectivity index (χ4v) is 1.18. The van der Waals surface area contributed by atoms with Gasteiger partial charge in [0.2, 0.25) is 5.52 Å². The molecule has 2 aromatic rings. The van der Waals surface area contributed by atoms with Crippen LogP contribution in [0.3, 0.4) is 0 Å². The van der Waals surface area contributed by atoms with Crippen LogP contribution >= 0.6 is 0 Å². The maximum absolute atomic E-state index is 12.4. The van der Waals surface area contributed by atoms with Gasteiger partial charge in [0.1, 0.15) is 5.52 Å². The van der Waals surface area contributed by atoms with Gasteiger partial charge in [0.15, 0.2) is 0 Å². The van der Waals surface area contributed by atoms with E-state index in [0.717, 1.165) is 0 Å². The Morgan fingerprint density at radius 1 is 1.31 bits per heavy atom. The first-order chi connectivity index (χ1) is 7.39. The van der Waals surface area contributed by atoms with E-state index in [1.807, 2.05) is 0 Å². The van der Waals surface area contributed by atoms with Crippen molar-refractivity contribution < 1.29 is 22.7 Å². The second-order valence-electron chi connectivity index (χ2n) is 2.88. The lowest BCUT2D eigenvalue weighted by Crippen LogP contribution is -2.05. The molecule has 0 radical (unpaired) electrons. The number of benzene rings is 1. The third-order valence-electron chi connectivity index (χ3n) is 1.86. The molecule has 0 aliphatic rings. The molecule has 0 saturated carbocycles. The summed E-state index contributed by atoms with van der Waals surface area (Å²) in [5.74, 6) is 0. The van der Waals surface area contributed by atoms with Gasteiger partial charge in [-0.15, -0.1) is 0 Å². The Morgan fingerprint density at radius 3 is 2.56 bits per heavy atom. The Hall–Kier alpha value is -2.19. The summed E-state index contributed by atoms with van der Waals surface area (Å²) in [5, 5.41) is 16.8. The number of aromatic nitrogens is 2. The zero-order chi connectivity index (χ0) is 11.9. The zero-order valence-electron chi connectivity index (χ0n) is 7.35. The van der Waals surface area contributed by atoms with Gasteiger partial charge in [-0.05, 0) is 16.4 Å². The van der Waals surface area contributed by atoms with Crippen molar-refractivity contribution in [2.24, 2.45) is 0 Å². The molecule has 0 aliphatic heterocycles. The van der Waals surface area contributed by atoms with Crippen molar-refractivity contribution in [3.05, 3.63) is 27.8 Å². The summed E-state index contributed by atoms with van der Waals surface area (Å²) in [6.07, 6.45) is -4.68. The van der Waals surface area contributed by atoms with Crippen LogP contribution in [0.15, 0.2) is 16.8 Å². The molecule has 0 spiro atoms. The Morgan fingerprint density at radius 2 is 2.00 bits per heavy atom. The minimum absolute atomic E-state index is 0.304. The Labute approximate surface area is 84.8 Å². The third-order valence-corrected chi connectivity index (χ3v) is 1.86. The first-order valence-electron chi connectivity index (χ1n) is 3.87. The highest BCUT2D eigenvalue weighted by molar-refractivity contribution is 5.84. The van der Waals surface area contributed by atoms with Gasteiger partial charge in [-0.2, -0.15) is 13.2 Å². The highest BCUT2D eigenvalue weighted by Crippen LogP contribution is 2.34. The lowest BCUT2D eigenvalue weighted by Gasteiger charge is -2.05. The van der Waals surface area contributed by atoms with Crippen LogP contribution in [0.4, 0.5) is 18.9 Å². The minimum atomic E-state index is -4.68. The molecule has 0 aliphatic carbocycles. The molecule has 1 aromatic carbocycles. The second kappa shape index (κ2) is 3.15. The SMILES string of the molecule is O=[N+]([O-])c1cc(C(F)(F)F)cc2nonc12. The van der Waals surface area contributed by atoms with E-state index in [1.165, 1.54) is 0 Å². The second-order valence-corrected chi connectivity index (χ2v) is 2.88. The number of alkyl halides is 3. The van der Waals surface area contributed by atoms with Gasteiger partial charge >= 0.3 is 11.9 Å². The molecule has 6 nitrogen and oxygen atoms in total. The zero-order valence-corrected chi connectivity index (χ0v) is 7.35. The van der Waals surface area contributed by atoms with Gasteiger partial charge in [0, 0.05) is 6.07 Å². The Kier molecular flexibility index (Phi) is 2.04. The molecule has 84 valence electrons. The summed E-state index contributed by atoms with van der Waals surface area (Å²) in [4.78, 5) is 9.55. The number of rotatable bonds is 1. The van der Waals surface area contributed by atoms with E-state index >= 15 is 0 Å². The smallest absolute Gasteiger partial charge is 0.258 e. The van der Waals surface area contributed by atoms with Crippen molar-refractivity contribution >= 4 is 16.7 Å².